The third kappa shape index (κ3) is 6.66. The fourth-order valence-electron chi connectivity index (χ4n) is 2.44. The van der Waals surface area contributed by atoms with Crippen LogP contribution in [0.2, 0.25) is 15.1 Å². The van der Waals surface area contributed by atoms with Crippen LogP contribution >= 0.6 is 34.8 Å². The van der Waals surface area contributed by atoms with Gasteiger partial charge in [-0.1, -0.05) is 65.1 Å². The third-order valence-corrected chi connectivity index (χ3v) is 4.59. The lowest BCUT2D eigenvalue weighted by atomic mass is 10.2. The Hall–Kier alpha value is -2.73. The van der Waals surface area contributed by atoms with Gasteiger partial charge in [0.25, 0.3) is 5.91 Å². The van der Waals surface area contributed by atoms with E-state index >= 15 is 0 Å². The highest BCUT2D eigenvalue weighted by Gasteiger charge is 2.10. The zero-order chi connectivity index (χ0) is 21.3. The molecular formula is C22H17Cl3N2O3. The van der Waals surface area contributed by atoms with Gasteiger partial charge in [0.1, 0.15) is 18.1 Å². The van der Waals surface area contributed by atoms with Crippen molar-refractivity contribution in [3.05, 3.63) is 92.9 Å². The topological polar surface area (TPSA) is 59.9 Å². The number of rotatable bonds is 8. The van der Waals surface area contributed by atoms with Crippen molar-refractivity contribution in [2.75, 3.05) is 6.61 Å². The van der Waals surface area contributed by atoms with E-state index in [1.165, 1.54) is 6.21 Å². The molecule has 0 aliphatic heterocycles. The number of hydrogen-bond donors (Lipinski definition) is 1. The maximum atomic E-state index is 11.9. The van der Waals surface area contributed by atoms with Gasteiger partial charge in [0.05, 0.1) is 11.2 Å². The summed E-state index contributed by atoms with van der Waals surface area (Å²) >= 11 is 18.2. The average molecular weight is 464 g/mol. The summed E-state index contributed by atoms with van der Waals surface area (Å²) in [5.41, 5.74) is 3.91. The SMILES string of the molecule is O=C(COc1ccc(Cl)cc1)N/N=C\c1cc(Cl)cc(Cl)c1OCc1ccccc1. The predicted octanol–water partition coefficient (Wildman–Crippen LogP) is 5.75. The molecule has 0 saturated carbocycles. The second-order valence-corrected chi connectivity index (χ2v) is 7.40. The van der Waals surface area contributed by atoms with Gasteiger partial charge in [-0.15, -0.1) is 0 Å². The van der Waals surface area contributed by atoms with Crippen molar-refractivity contribution in [2.45, 2.75) is 6.61 Å². The van der Waals surface area contributed by atoms with Gasteiger partial charge in [-0.25, -0.2) is 5.43 Å². The van der Waals surface area contributed by atoms with E-state index in [-0.39, 0.29) is 6.61 Å². The fraction of sp³-hybridized carbons (Fsp3) is 0.0909. The summed E-state index contributed by atoms with van der Waals surface area (Å²) in [4.78, 5) is 11.9. The number of hydrazone groups is 1. The van der Waals surface area contributed by atoms with Gasteiger partial charge >= 0.3 is 0 Å². The second kappa shape index (κ2) is 10.9. The number of amides is 1. The van der Waals surface area contributed by atoms with Crippen LogP contribution in [-0.4, -0.2) is 18.7 Å². The Bertz CT molecular complexity index is 1030. The number of hydrogen-bond acceptors (Lipinski definition) is 4. The zero-order valence-electron chi connectivity index (χ0n) is 15.6. The van der Waals surface area contributed by atoms with Gasteiger partial charge < -0.3 is 9.47 Å². The molecule has 0 bridgehead atoms. The summed E-state index contributed by atoms with van der Waals surface area (Å²) in [7, 11) is 0. The molecule has 0 atom stereocenters. The molecule has 0 saturated heterocycles. The zero-order valence-corrected chi connectivity index (χ0v) is 17.9. The molecule has 3 rings (SSSR count). The minimum Gasteiger partial charge on any atom is -0.487 e. The lowest BCUT2D eigenvalue weighted by Gasteiger charge is -2.12. The Kier molecular flexibility index (Phi) is 7.97. The summed E-state index contributed by atoms with van der Waals surface area (Å²) in [6, 6.07) is 19.6. The molecular weight excluding hydrogens is 447 g/mol. The number of nitrogens with one attached hydrogen (secondary N) is 1. The van der Waals surface area contributed by atoms with Crippen LogP contribution in [0.3, 0.4) is 0 Å². The minimum absolute atomic E-state index is 0.202. The Morgan fingerprint density at radius 2 is 1.67 bits per heavy atom. The lowest BCUT2D eigenvalue weighted by Crippen LogP contribution is -2.24. The summed E-state index contributed by atoms with van der Waals surface area (Å²) in [5, 5.41) is 5.29. The van der Waals surface area contributed by atoms with Crippen LogP contribution in [0, 0.1) is 0 Å². The van der Waals surface area contributed by atoms with Crippen molar-refractivity contribution in [3.63, 3.8) is 0 Å². The number of ether oxygens (including phenoxy) is 2. The standard InChI is InChI=1S/C22H17Cl3N2O3/c23-17-6-8-19(9-7-17)29-14-21(28)27-26-12-16-10-18(24)11-20(25)22(16)30-13-15-4-2-1-3-5-15/h1-12H,13-14H2,(H,27,28)/b26-12-. The van der Waals surface area contributed by atoms with Crippen LogP contribution in [0.25, 0.3) is 0 Å². The monoisotopic (exact) mass is 462 g/mol. The van der Waals surface area contributed by atoms with Crippen LogP contribution in [0.4, 0.5) is 0 Å². The fourth-order valence-corrected chi connectivity index (χ4v) is 3.13. The molecule has 154 valence electrons. The number of carbonyl (C=O) groups excluding carboxylic acids is 1. The summed E-state index contributed by atoms with van der Waals surface area (Å²) < 4.78 is 11.2. The Labute approximate surface area is 189 Å². The van der Waals surface area contributed by atoms with Gasteiger partial charge in [0, 0.05) is 15.6 Å². The van der Waals surface area contributed by atoms with E-state index in [1.807, 2.05) is 30.3 Å². The van der Waals surface area contributed by atoms with Crippen LogP contribution < -0.4 is 14.9 Å². The second-order valence-electron chi connectivity index (χ2n) is 6.12. The van der Waals surface area contributed by atoms with Crippen molar-refractivity contribution in [1.82, 2.24) is 5.43 Å². The van der Waals surface area contributed by atoms with E-state index in [1.54, 1.807) is 36.4 Å². The number of benzene rings is 3. The number of halogens is 3. The van der Waals surface area contributed by atoms with E-state index in [9.17, 15) is 4.79 Å². The molecule has 8 heteroatoms. The maximum absolute atomic E-state index is 11.9. The first-order valence-electron chi connectivity index (χ1n) is 8.87. The molecule has 30 heavy (non-hydrogen) atoms. The van der Waals surface area contributed by atoms with E-state index in [0.29, 0.717) is 38.7 Å². The van der Waals surface area contributed by atoms with E-state index in [2.05, 4.69) is 10.5 Å². The summed E-state index contributed by atoms with van der Waals surface area (Å²) in [6.07, 6.45) is 1.41. The molecule has 3 aromatic rings. The molecule has 0 radical (unpaired) electrons. The highest BCUT2D eigenvalue weighted by atomic mass is 35.5. The van der Waals surface area contributed by atoms with Crippen LogP contribution in [0.15, 0.2) is 71.8 Å². The van der Waals surface area contributed by atoms with Gasteiger partial charge in [0.15, 0.2) is 6.61 Å². The van der Waals surface area contributed by atoms with Gasteiger partial charge in [-0.2, -0.15) is 5.10 Å². The van der Waals surface area contributed by atoms with E-state index in [4.69, 9.17) is 44.3 Å². The highest BCUT2D eigenvalue weighted by Crippen LogP contribution is 2.32. The Morgan fingerprint density at radius 3 is 2.40 bits per heavy atom. The molecule has 0 fully saturated rings. The van der Waals surface area contributed by atoms with Gasteiger partial charge in [0.2, 0.25) is 0 Å². The molecule has 0 heterocycles. The smallest absolute Gasteiger partial charge is 0.277 e. The third-order valence-electron chi connectivity index (χ3n) is 3.84. The van der Waals surface area contributed by atoms with Crippen molar-refractivity contribution in [2.24, 2.45) is 5.10 Å². The lowest BCUT2D eigenvalue weighted by molar-refractivity contribution is -0.123. The van der Waals surface area contributed by atoms with Crippen LogP contribution in [0.1, 0.15) is 11.1 Å². The van der Waals surface area contributed by atoms with Crippen molar-refractivity contribution < 1.29 is 14.3 Å². The number of nitrogens with zero attached hydrogens (tertiary/aromatic N) is 1. The van der Waals surface area contributed by atoms with Crippen molar-refractivity contribution >= 4 is 46.9 Å². The van der Waals surface area contributed by atoms with Gasteiger partial charge in [-0.3, -0.25) is 4.79 Å². The largest absolute Gasteiger partial charge is 0.487 e. The first-order valence-corrected chi connectivity index (χ1v) is 10.0. The number of carbonyl (C=O) groups is 1. The van der Waals surface area contributed by atoms with Crippen molar-refractivity contribution in [3.8, 4) is 11.5 Å². The molecule has 0 aliphatic carbocycles. The first kappa shape index (κ1) is 22.0. The average Bonchev–Trinajstić information content (AvgIpc) is 2.73. The molecule has 0 aromatic heterocycles. The van der Waals surface area contributed by atoms with Crippen LogP contribution in [0.5, 0.6) is 11.5 Å². The molecule has 1 N–H and O–H groups in total. The summed E-state index contributed by atoms with van der Waals surface area (Å²) in [6.45, 7) is 0.122. The molecule has 3 aromatic carbocycles. The Morgan fingerprint density at radius 1 is 0.933 bits per heavy atom. The van der Waals surface area contributed by atoms with Crippen molar-refractivity contribution in [1.29, 1.82) is 0 Å². The molecule has 0 unspecified atom stereocenters. The van der Waals surface area contributed by atoms with E-state index in [0.717, 1.165) is 5.56 Å². The van der Waals surface area contributed by atoms with Crippen LogP contribution in [-0.2, 0) is 11.4 Å². The molecule has 0 spiro atoms. The predicted molar refractivity (Wildman–Crippen MR) is 120 cm³/mol. The quantitative estimate of drug-likeness (QED) is 0.341. The van der Waals surface area contributed by atoms with Gasteiger partial charge in [-0.05, 0) is 42.0 Å². The maximum Gasteiger partial charge on any atom is 0.277 e. The minimum atomic E-state index is -0.430. The Balaban J connectivity index is 1.60. The summed E-state index contributed by atoms with van der Waals surface area (Å²) in [5.74, 6) is 0.512. The first-order chi connectivity index (χ1) is 14.5. The normalized spacial score (nSPS) is 10.8. The molecule has 0 aliphatic rings. The molecule has 1 amide bonds. The molecule has 5 nitrogen and oxygen atoms in total. The highest BCUT2D eigenvalue weighted by molar-refractivity contribution is 6.36. The van der Waals surface area contributed by atoms with E-state index < -0.39 is 5.91 Å².